The molecule has 1 aromatic rings. The SMILES string of the molecule is Cc1ccc(NS(=O)(=O)N(C)C(C)C)cc1S(N)(=O)=O. The van der Waals surface area contributed by atoms with Crippen molar-refractivity contribution in [1.82, 2.24) is 4.31 Å². The summed E-state index contributed by atoms with van der Waals surface area (Å²) in [4.78, 5) is -0.107. The highest BCUT2D eigenvalue weighted by Gasteiger charge is 2.21. The van der Waals surface area contributed by atoms with Crippen molar-refractivity contribution in [3.8, 4) is 0 Å². The Morgan fingerprint density at radius 1 is 1.20 bits per heavy atom. The van der Waals surface area contributed by atoms with Crippen LogP contribution in [0.2, 0.25) is 0 Å². The molecule has 0 aliphatic rings. The molecular weight excluding hydrogens is 302 g/mol. The van der Waals surface area contributed by atoms with Crippen molar-refractivity contribution in [3.63, 3.8) is 0 Å². The number of primary sulfonamides is 1. The number of anilines is 1. The molecule has 0 bridgehead atoms. The van der Waals surface area contributed by atoms with Crippen LogP contribution in [0.15, 0.2) is 23.1 Å². The number of sulfonamides is 1. The van der Waals surface area contributed by atoms with Crippen LogP contribution in [0.3, 0.4) is 0 Å². The molecule has 0 aliphatic heterocycles. The third kappa shape index (κ3) is 3.92. The fourth-order valence-electron chi connectivity index (χ4n) is 1.47. The zero-order valence-electron chi connectivity index (χ0n) is 11.8. The van der Waals surface area contributed by atoms with E-state index in [0.29, 0.717) is 5.56 Å². The van der Waals surface area contributed by atoms with Crippen LogP contribution in [0.4, 0.5) is 5.69 Å². The standard InChI is InChI=1S/C11H19N3O4S2/c1-8(2)14(4)20(17,18)13-10-6-5-9(3)11(7-10)19(12,15)16/h5-8,13H,1-4H3,(H2,12,15,16). The molecule has 9 heteroatoms. The summed E-state index contributed by atoms with van der Waals surface area (Å²) in [5, 5.41) is 5.08. The quantitative estimate of drug-likeness (QED) is 0.829. The molecule has 0 saturated heterocycles. The average molecular weight is 321 g/mol. The van der Waals surface area contributed by atoms with Gasteiger partial charge < -0.3 is 0 Å². The third-order valence-corrected chi connectivity index (χ3v) is 5.57. The number of rotatable bonds is 5. The van der Waals surface area contributed by atoms with Gasteiger partial charge in [0.05, 0.1) is 10.6 Å². The molecule has 0 unspecified atom stereocenters. The van der Waals surface area contributed by atoms with Gasteiger partial charge in [-0.1, -0.05) is 6.07 Å². The second kappa shape index (κ2) is 5.68. The summed E-state index contributed by atoms with van der Waals surface area (Å²) in [6.07, 6.45) is 0. The molecule has 7 nitrogen and oxygen atoms in total. The summed E-state index contributed by atoms with van der Waals surface area (Å²) < 4.78 is 50.3. The van der Waals surface area contributed by atoms with Gasteiger partial charge in [-0.2, -0.15) is 12.7 Å². The summed E-state index contributed by atoms with van der Waals surface area (Å²) in [6, 6.07) is 3.95. The van der Waals surface area contributed by atoms with E-state index in [9.17, 15) is 16.8 Å². The molecule has 0 radical (unpaired) electrons. The minimum Gasteiger partial charge on any atom is -0.271 e. The van der Waals surface area contributed by atoms with E-state index in [0.717, 1.165) is 4.31 Å². The smallest absolute Gasteiger partial charge is 0.271 e. The highest BCUT2D eigenvalue weighted by Crippen LogP contribution is 2.20. The Balaban J connectivity index is 3.19. The first kappa shape index (κ1) is 16.9. The number of hydrogen-bond donors (Lipinski definition) is 2. The van der Waals surface area contributed by atoms with Crippen molar-refractivity contribution in [2.24, 2.45) is 5.14 Å². The molecule has 20 heavy (non-hydrogen) atoms. The van der Waals surface area contributed by atoms with Crippen molar-refractivity contribution < 1.29 is 16.8 Å². The molecule has 0 aromatic heterocycles. The Kier molecular flexibility index (Phi) is 4.80. The van der Waals surface area contributed by atoms with Crippen LogP contribution in [0.5, 0.6) is 0 Å². The molecule has 114 valence electrons. The Labute approximate surface area is 120 Å². The Morgan fingerprint density at radius 3 is 2.20 bits per heavy atom. The van der Waals surface area contributed by atoms with Gasteiger partial charge in [0, 0.05) is 13.1 Å². The van der Waals surface area contributed by atoms with E-state index < -0.39 is 20.2 Å². The van der Waals surface area contributed by atoms with Gasteiger partial charge in [-0.25, -0.2) is 13.6 Å². The van der Waals surface area contributed by atoms with Crippen LogP contribution in [0.1, 0.15) is 19.4 Å². The van der Waals surface area contributed by atoms with E-state index in [-0.39, 0.29) is 16.6 Å². The molecule has 0 atom stereocenters. The summed E-state index contributed by atoms with van der Waals surface area (Å²) in [6.45, 7) is 5.03. The zero-order valence-corrected chi connectivity index (χ0v) is 13.4. The van der Waals surface area contributed by atoms with Crippen LogP contribution < -0.4 is 9.86 Å². The third-order valence-electron chi connectivity index (χ3n) is 2.85. The van der Waals surface area contributed by atoms with Crippen LogP contribution in [0.25, 0.3) is 0 Å². The van der Waals surface area contributed by atoms with E-state index in [1.807, 2.05) is 0 Å². The number of benzene rings is 1. The van der Waals surface area contributed by atoms with Gasteiger partial charge >= 0.3 is 10.2 Å². The van der Waals surface area contributed by atoms with Gasteiger partial charge in [-0.3, -0.25) is 4.72 Å². The largest absolute Gasteiger partial charge is 0.301 e. The van der Waals surface area contributed by atoms with Crippen LogP contribution >= 0.6 is 0 Å². The molecule has 1 rings (SSSR count). The van der Waals surface area contributed by atoms with Gasteiger partial charge in [0.25, 0.3) is 0 Å². The predicted octanol–water partition coefficient (Wildman–Crippen LogP) is 0.639. The first-order chi connectivity index (χ1) is 8.95. The molecule has 0 spiro atoms. The molecule has 0 amide bonds. The van der Waals surface area contributed by atoms with Crippen molar-refractivity contribution in [2.75, 3.05) is 11.8 Å². The van der Waals surface area contributed by atoms with E-state index in [1.165, 1.54) is 25.2 Å². The second-order valence-corrected chi connectivity index (χ2v) is 8.00. The van der Waals surface area contributed by atoms with Gasteiger partial charge in [-0.15, -0.1) is 0 Å². The lowest BCUT2D eigenvalue weighted by atomic mass is 10.2. The fourth-order valence-corrected chi connectivity index (χ4v) is 3.40. The molecule has 1 aromatic carbocycles. The fraction of sp³-hybridized carbons (Fsp3) is 0.455. The van der Waals surface area contributed by atoms with Crippen molar-refractivity contribution in [3.05, 3.63) is 23.8 Å². The average Bonchev–Trinajstić information content (AvgIpc) is 2.28. The minimum atomic E-state index is -3.90. The highest BCUT2D eigenvalue weighted by molar-refractivity contribution is 7.90. The van der Waals surface area contributed by atoms with E-state index in [4.69, 9.17) is 5.14 Å². The number of nitrogens with zero attached hydrogens (tertiary/aromatic N) is 1. The van der Waals surface area contributed by atoms with Crippen LogP contribution in [-0.4, -0.2) is 34.2 Å². The zero-order chi connectivity index (χ0) is 15.7. The van der Waals surface area contributed by atoms with Gasteiger partial charge in [0.15, 0.2) is 0 Å². The molecule has 0 heterocycles. The predicted molar refractivity (Wildman–Crippen MR) is 78.0 cm³/mol. The monoisotopic (exact) mass is 321 g/mol. The minimum absolute atomic E-state index is 0.107. The van der Waals surface area contributed by atoms with Crippen molar-refractivity contribution >= 4 is 25.9 Å². The van der Waals surface area contributed by atoms with Crippen molar-refractivity contribution in [1.29, 1.82) is 0 Å². The van der Waals surface area contributed by atoms with Gasteiger partial charge in [0.2, 0.25) is 10.0 Å². The summed E-state index contributed by atoms with van der Waals surface area (Å²) in [5.74, 6) is 0. The maximum atomic E-state index is 12.0. The Hall–Kier alpha value is -1.16. The second-order valence-electron chi connectivity index (χ2n) is 4.74. The number of nitrogens with two attached hydrogens (primary N) is 1. The normalized spacial score (nSPS) is 12.9. The topological polar surface area (TPSA) is 110 Å². The lowest BCUT2D eigenvalue weighted by Gasteiger charge is -2.22. The highest BCUT2D eigenvalue weighted by atomic mass is 32.2. The molecule has 0 aliphatic carbocycles. The lowest BCUT2D eigenvalue weighted by molar-refractivity contribution is 0.414. The Morgan fingerprint density at radius 2 is 1.75 bits per heavy atom. The first-order valence-corrected chi connectivity index (χ1v) is 8.83. The number of hydrogen-bond acceptors (Lipinski definition) is 4. The molecule has 3 N–H and O–H groups in total. The van der Waals surface area contributed by atoms with Crippen LogP contribution in [-0.2, 0) is 20.2 Å². The van der Waals surface area contributed by atoms with Crippen LogP contribution in [0, 0.1) is 6.92 Å². The van der Waals surface area contributed by atoms with E-state index in [2.05, 4.69) is 4.72 Å². The maximum absolute atomic E-state index is 12.0. The summed E-state index contributed by atoms with van der Waals surface area (Å²) >= 11 is 0. The molecule has 0 saturated carbocycles. The molecule has 0 fully saturated rings. The lowest BCUT2D eigenvalue weighted by Crippen LogP contribution is -2.37. The number of aryl methyl sites for hydroxylation is 1. The maximum Gasteiger partial charge on any atom is 0.301 e. The summed E-state index contributed by atoms with van der Waals surface area (Å²) in [5.41, 5.74) is 0.597. The first-order valence-electron chi connectivity index (χ1n) is 5.84. The summed E-state index contributed by atoms with van der Waals surface area (Å²) in [7, 11) is -6.20. The number of nitrogens with one attached hydrogen (secondary N) is 1. The van der Waals surface area contributed by atoms with Crippen molar-refractivity contribution in [2.45, 2.75) is 31.7 Å². The van der Waals surface area contributed by atoms with Gasteiger partial charge in [0.1, 0.15) is 0 Å². The van der Waals surface area contributed by atoms with Gasteiger partial charge in [-0.05, 0) is 38.5 Å². The molecular formula is C11H19N3O4S2. The van der Waals surface area contributed by atoms with E-state index in [1.54, 1.807) is 20.8 Å². The van der Waals surface area contributed by atoms with E-state index >= 15 is 0 Å². The Bertz CT molecular complexity index is 696.